The molecule has 2 aromatic rings. The lowest BCUT2D eigenvalue weighted by atomic mass is 10.2. The lowest BCUT2D eigenvalue weighted by molar-refractivity contribution is 0.596. The van der Waals surface area contributed by atoms with Crippen molar-refractivity contribution in [3.63, 3.8) is 0 Å². The third-order valence-electron chi connectivity index (χ3n) is 3.35. The van der Waals surface area contributed by atoms with Gasteiger partial charge in [0.25, 0.3) is 0 Å². The number of hydrogen-bond acceptors (Lipinski definition) is 5. The van der Waals surface area contributed by atoms with E-state index < -0.39 is 10.0 Å². The largest absolute Gasteiger partial charge is 0.337 e. The lowest BCUT2D eigenvalue weighted by Crippen LogP contribution is -2.32. The fourth-order valence-corrected chi connectivity index (χ4v) is 3.98. The Bertz CT molecular complexity index is 842. The van der Waals surface area contributed by atoms with E-state index in [1.807, 2.05) is 12.1 Å². The quantitative estimate of drug-likeness (QED) is 0.753. The lowest BCUT2D eigenvalue weighted by Gasteiger charge is -2.25. The van der Waals surface area contributed by atoms with E-state index in [2.05, 4.69) is 31.2 Å². The van der Waals surface area contributed by atoms with E-state index in [4.69, 9.17) is 11.6 Å². The first-order valence-electron chi connectivity index (χ1n) is 6.90. The summed E-state index contributed by atoms with van der Waals surface area (Å²) >= 11 is 9.18. The molecule has 0 bridgehead atoms. The highest BCUT2D eigenvalue weighted by molar-refractivity contribution is 9.10. The monoisotopic (exact) mass is 416 g/mol. The van der Waals surface area contributed by atoms with Crippen molar-refractivity contribution in [2.45, 2.75) is 18.9 Å². The van der Waals surface area contributed by atoms with Crippen molar-refractivity contribution in [2.75, 3.05) is 15.9 Å². The molecule has 0 saturated heterocycles. The van der Waals surface area contributed by atoms with Crippen LogP contribution in [0, 0.1) is 0 Å². The molecule has 0 atom stereocenters. The topological polar surface area (TPSA) is 75.2 Å². The highest BCUT2D eigenvalue weighted by atomic mass is 79.9. The molecule has 1 aromatic heterocycles. The smallest absolute Gasteiger partial charge is 0.232 e. The maximum atomic E-state index is 12.2. The molecule has 0 amide bonds. The van der Waals surface area contributed by atoms with Gasteiger partial charge in [0.15, 0.2) is 0 Å². The first kappa shape index (κ1) is 16.5. The average Bonchev–Trinajstić information content (AvgIpc) is 3.28. The summed E-state index contributed by atoms with van der Waals surface area (Å²) in [4.78, 5) is 8.00. The van der Waals surface area contributed by atoms with E-state index in [1.54, 1.807) is 12.1 Å². The molecule has 23 heavy (non-hydrogen) atoms. The molecular weight excluding hydrogens is 404 g/mol. The molecule has 1 aromatic carbocycles. The zero-order chi connectivity index (χ0) is 16.6. The van der Waals surface area contributed by atoms with Gasteiger partial charge in [-0.05, 0) is 52.5 Å². The summed E-state index contributed by atoms with van der Waals surface area (Å²) in [6, 6.07) is 7.24. The first-order valence-corrected chi connectivity index (χ1v) is 9.91. The van der Waals surface area contributed by atoms with Gasteiger partial charge in [0.1, 0.15) is 5.82 Å². The Labute approximate surface area is 148 Å². The molecule has 1 heterocycles. The van der Waals surface area contributed by atoms with Crippen molar-refractivity contribution in [3.05, 3.63) is 40.2 Å². The summed E-state index contributed by atoms with van der Waals surface area (Å²) in [5.74, 6) is 0.474. The second-order valence-corrected chi connectivity index (χ2v) is 8.32. The SMILES string of the molecule is CS(=O)(=O)N(c1ccccc1Nc1nc(Cl)ncc1Br)C1CC1. The van der Waals surface area contributed by atoms with Crippen molar-refractivity contribution >= 4 is 54.7 Å². The second kappa shape index (κ2) is 6.26. The molecule has 6 nitrogen and oxygen atoms in total. The van der Waals surface area contributed by atoms with Gasteiger partial charge in [-0.2, -0.15) is 4.98 Å². The summed E-state index contributed by atoms with van der Waals surface area (Å²) in [5.41, 5.74) is 1.24. The average molecular weight is 418 g/mol. The molecule has 1 N–H and O–H groups in total. The number of sulfonamides is 1. The zero-order valence-corrected chi connectivity index (χ0v) is 15.4. The fraction of sp³-hybridized carbons (Fsp3) is 0.286. The molecule has 1 aliphatic carbocycles. The highest BCUT2D eigenvalue weighted by Crippen LogP contribution is 2.39. The normalized spacial score (nSPS) is 14.6. The molecule has 1 aliphatic rings. The Morgan fingerprint density at radius 2 is 2.04 bits per heavy atom. The van der Waals surface area contributed by atoms with Gasteiger partial charge in [0, 0.05) is 12.2 Å². The predicted octanol–water partition coefficient (Wildman–Crippen LogP) is 3.56. The van der Waals surface area contributed by atoms with Gasteiger partial charge in [-0.15, -0.1) is 0 Å². The molecule has 0 radical (unpaired) electrons. The minimum atomic E-state index is -3.36. The standard InChI is InChI=1S/C14H14BrClN4O2S/c1-23(21,22)20(9-6-7-9)12-5-3-2-4-11(12)18-13-10(15)8-17-14(16)19-13/h2-5,8-9H,6-7H2,1H3,(H,17,18,19). The third-order valence-corrected chi connectivity index (χ3v) is 5.32. The number of rotatable bonds is 5. The molecule has 0 aliphatic heterocycles. The van der Waals surface area contributed by atoms with Crippen molar-refractivity contribution in [1.29, 1.82) is 0 Å². The minimum Gasteiger partial charge on any atom is -0.337 e. The maximum Gasteiger partial charge on any atom is 0.232 e. The Morgan fingerprint density at radius 3 is 2.70 bits per heavy atom. The van der Waals surface area contributed by atoms with E-state index in [1.165, 1.54) is 16.8 Å². The van der Waals surface area contributed by atoms with Crippen molar-refractivity contribution in [3.8, 4) is 0 Å². The van der Waals surface area contributed by atoms with Crippen LogP contribution in [0.15, 0.2) is 34.9 Å². The highest BCUT2D eigenvalue weighted by Gasteiger charge is 2.36. The van der Waals surface area contributed by atoms with E-state index in [0.717, 1.165) is 12.8 Å². The number of hydrogen-bond donors (Lipinski definition) is 1. The van der Waals surface area contributed by atoms with Crippen LogP contribution in [0.25, 0.3) is 0 Å². The summed E-state index contributed by atoms with van der Waals surface area (Å²) in [7, 11) is -3.36. The number of anilines is 3. The fourth-order valence-electron chi connectivity index (χ4n) is 2.29. The van der Waals surface area contributed by atoms with E-state index in [-0.39, 0.29) is 11.3 Å². The Morgan fingerprint density at radius 1 is 1.35 bits per heavy atom. The van der Waals surface area contributed by atoms with Gasteiger partial charge < -0.3 is 5.32 Å². The molecule has 9 heteroatoms. The van der Waals surface area contributed by atoms with Crippen LogP contribution in [0.1, 0.15) is 12.8 Å². The zero-order valence-electron chi connectivity index (χ0n) is 12.2. The molecule has 122 valence electrons. The molecule has 3 rings (SSSR count). The summed E-state index contributed by atoms with van der Waals surface area (Å²) < 4.78 is 26.5. The van der Waals surface area contributed by atoms with Crippen molar-refractivity contribution in [1.82, 2.24) is 9.97 Å². The number of para-hydroxylation sites is 2. The van der Waals surface area contributed by atoms with Crippen LogP contribution in [-0.2, 0) is 10.0 Å². The van der Waals surface area contributed by atoms with Gasteiger partial charge in [-0.25, -0.2) is 13.4 Å². The second-order valence-electron chi connectivity index (χ2n) is 5.27. The van der Waals surface area contributed by atoms with Gasteiger partial charge >= 0.3 is 0 Å². The van der Waals surface area contributed by atoms with Crippen LogP contribution < -0.4 is 9.62 Å². The van der Waals surface area contributed by atoms with Crippen LogP contribution in [0.5, 0.6) is 0 Å². The van der Waals surface area contributed by atoms with Crippen LogP contribution in [-0.4, -0.2) is 30.7 Å². The van der Waals surface area contributed by atoms with Gasteiger partial charge in [0.2, 0.25) is 15.3 Å². The summed E-state index contributed by atoms with van der Waals surface area (Å²) in [5, 5.41) is 3.24. The van der Waals surface area contributed by atoms with E-state index in [0.29, 0.717) is 21.7 Å². The van der Waals surface area contributed by atoms with E-state index >= 15 is 0 Å². The number of aromatic nitrogens is 2. The molecular formula is C14H14BrClN4O2S. The first-order chi connectivity index (χ1) is 10.9. The van der Waals surface area contributed by atoms with Gasteiger partial charge in [-0.3, -0.25) is 4.31 Å². The number of benzene rings is 1. The van der Waals surface area contributed by atoms with Crippen LogP contribution in [0.2, 0.25) is 5.28 Å². The maximum absolute atomic E-state index is 12.2. The summed E-state index contributed by atoms with van der Waals surface area (Å²) in [6.45, 7) is 0. The third kappa shape index (κ3) is 3.76. The van der Waals surface area contributed by atoms with Crippen molar-refractivity contribution < 1.29 is 8.42 Å². The molecule has 0 spiro atoms. The Kier molecular flexibility index (Phi) is 4.48. The minimum absolute atomic E-state index is 0.0189. The van der Waals surface area contributed by atoms with E-state index in [9.17, 15) is 8.42 Å². The molecule has 1 saturated carbocycles. The van der Waals surface area contributed by atoms with Gasteiger partial charge in [0.05, 0.1) is 22.1 Å². The van der Waals surface area contributed by atoms with Crippen molar-refractivity contribution in [2.24, 2.45) is 0 Å². The molecule has 0 unspecified atom stereocenters. The predicted molar refractivity (Wildman–Crippen MR) is 94.8 cm³/mol. The summed E-state index contributed by atoms with van der Waals surface area (Å²) in [6.07, 6.45) is 4.49. The number of halogens is 2. The number of nitrogens with zero attached hydrogens (tertiary/aromatic N) is 3. The van der Waals surface area contributed by atoms with Gasteiger partial charge in [-0.1, -0.05) is 12.1 Å². The van der Waals surface area contributed by atoms with Crippen LogP contribution >= 0.6 is 27.5 Å². The van der Waals surface area contributed by atoms with Crippen LogP contribution in [0.3, 0.4) is 0 Å². The Hall–Kier alpha value is -1.38. The van der Waals surface area contributed by atoms with Crippen LogP contribution in [0.4, 0.5) is 17.2 Å². The number of nitrogens with one attached hydrogen (secondary N) is 1. The Balaban J connectivity index is 2.02. The molecule has 1 fully saturated rings.